The zero-order chi connectivity index (χ0) is 17.8. The van der Waals surface area contributed by atoms with E-state index in [-0.39, 0.29) is 0 Å². The summed E-state index contributed by atoms with van der Waals surface area (Å²) in [4.78, 5) is 30.1. The van der Waals surface area contributed by atoms with Gasteiger partial charge in [0, 0.05) is 25.7 Å². The predicted octanol–water partition coefficient (Wildman–Crippen LogP) is 1.22. The molecular weight excluding hydrogens is 322 g/mol. The monoisotopic (exact) mass is 342 g/mol. The van der Waals surface area contributed by atoms with Crippen molar-refractivity contribution in [3.8, 4) is 16.9 Å². The van der Waals surface area contributed by atoms with Gasteiger partial charge in [0.25, 0.3) is 11.2 Å². The summed E-state index contributed by atoms with van der Waals surface area (Å²) < 4.78 is 11.7. The summed E-state index contributed by atoms with van der Waals surface area (Å²) in [5.41, 5.74) is 1.27. The first-order valence-corrected chi connectivity index (χ1v) is 7.96. The Morgan fingerprint density at radius 1 is 1.12 bits per heavy atom. The van der Waals surface area contributed by atoms with E-state index >= 15 is 0 Å². The number of methoxy groups -OCH3 is 2. The van der Waals surface area contributed by atoms with Crippen LogP contribution in [0.3, 0.4) is 0 Å². The number of fused-ring (bicyclic) bond motifs is 1. The number of benzene rings is 1. The molecule has 7 heteroatoms. The van der Waals surface area contributed by atoms with Crippen LogP contribution < -0.4 is 21.0 Å². The Morgan fingerprint density at radius 3 is 2.56 bits per heavy atom. The Hall–Kier alpha value is -2.93. The molecule has 3 rings (SSSR count). The lowest BCUT2D eigenvalue weighted by Gasteiger charge is -2.07. The van der Waals surface area contributed by atoms with E-state index in [1.54, 1.807) is 20.4 Å². The fourth-order valence-corrected chi connectivity index (χ4v) is 2.85. The van der Waals surface area contributed by atoms with Gasteiger partial charge in [-0.05, 0) is 23.8 Å². The van der Waals surface area contributed by atoms with Crippen molar-refractivity contribution in [1.29, 1.82) is 0 Å². The molecule has 0 amide bonds. The summed E-state index contributed by atoms with van der Waals surface area (Å²) in [6.45, 7) is 0.980. The molecular formula is C18H20N3O4+. The number of nitrogens with zero attached hydrogens (tertiary/aromatic N) is 1. The van der Waals surface area contributed by atoms with Gasteiger partial charge in [-0.15, -0.1) is 0 Å². The Balaban J connectivity index is 2.19. The molecule has 0 unspecified atom stereocenters. The molecule has 0 aliphatic carbocycles. The number of hydrogen-bond donors (Lipinski definition) is 1. The van der Waals surface area contributed by atoms with Crippen LogP contribution >= 0.6 is 0 Å². The minimum Gasteiger partial charge on any atom is -0.497 e. The zero-order valence-electron chi connectivity index (χ0n) is 14.2. The molecule has 0 aliphatic rings. The molecule has 7 nitrogen and oxygen atoms in total. The van der Waals surface area contributed by atoms with E-state index in [0.717, 1.165) is 16.9 Å². The summed E-state index contributed by atoms with van der Waals surface area (Å²) in [7, 11) is 3.22. The van der Waals surface area contributed by atoms with Gasteiger partial charge in [0.05, 0.1) is 19.9 Å². The third-order valence-electron chi connectivity index (χ3n) is 4.07. The molecule has 0 fully saturated rings. The maximum atomic E-state index is 12.5. The second-order valence-electron chi connectivity index (χ2n) is 5.60. The summed E-state index contributed by atoms with van der Waals surface area (Å²) in [5.74, 6) is 0.737. The van der Waals surface area contributed by atoms with E-state index in [9.17, 15) is 9.59 Å². The summed E-state index contributed by atoms with van der Waals surface area (Å²) in [5, 5.41) is 0.449. The molecule has 0 saturated heterocycles. The highest BCUT2D eigenvalue weighted by atomic mass is 16.5. The number of ether oxygens (including phenoxy) is 2. The first-order chi connectivity index (χ1) is 12.2. The first-order valence-electron chi connectivity index (χ1n) is 7.96. The van der Waals surface area contributed by atoms with E-state index in [2.05, 4.69) is 9.97 Å². The quantitative estimate of drug-likeness (QED) is 0.682. The van der Waals surface area contributed by atoms with E-state index in [0.29, 0.717) is 30.6 Å². The van der Waals surface area contributed by atoms with E-state index in [4.69, 9.17) is 9.47 Å². The first kappa shape index (κ1) is 16.9. The lowest BCUT2D eigenvalue weighted by Crippen LogP contribution is -2.34. The van der Waals surface area contributed by atoms with Gasteiger partial charge in [0.15, 0.2) is 0 Å². The van der Waals surface area contributed by atoms with Crippen molar-refractivity contribution in [2.24, 2.45) is 0 Å². The maximum absolute atomic E-state index is 12.5. The van der Waals surface area contributed by atoms with Crippen LogP contribution in [-0.4, -0.2) is 30.4 Å². The van der Waals surface area contributed by atoms with Gasteiger partial charge in [-0.1, -0.05) is 12.1 Å². The van der Waals surface area contributed by atoms with Crippen LogP contribution in [0.2, 0.25) is 0 Å². The Kier molecular flexibility index (Phi) is 4.95. The zero-order valence-corrected chi connectivity index (χ0v) is 14.2. The number of nitrogens with one attached hydrogen (secondary N) is 2. The van der Waals surface area contributed by atoms with Gasteiger partial charge in [0.2, 0.25) is 0 Å². The van der Waals surface area contributed by atoms with Crippen LogP contribution in [0, 0.1) is 0 Å². The van der Waals surface area contributed by atoms with Crippen molar-refractivity contribution in [2.75, 3.05) is 20.8 Å². The average molecular weight is 342 g/mol. The van der Waals surface area contributed by atoms with Crippen molar-refractivity contribution in [2.45, 2.75) is 13.0 Å². The van der Waals surface area contributed by atoms with Crippen LogP contribution in [0.25, 0.3) is 22.2 Å². The molecule has 0 saturated carbocycles. The molecule has 0 radical (unpaired) electrons. The largest absolute Gasteiger partial charge is 0.497 e. The van der Waals surface area contributed by atoms with Crippen molar-refractivity contribution in [3.05, 3.63) is 57.4 Å². The van der Waals surface area contributed by atoms with Crippen molar-refractivity contribution < 1.29 is 14.5 Å². The smallest absolute Gasteiger partial charge is 0.415 e. The van der Waals surface area contributed by atoms with Crippen LogP contribution in [0.15, 0.2) is 46.1 Å². The molecule has 0 spiro atoms. The summed E-state index contributed by atoms with van der Waals surface area (Å²) in [6.07, 6.45) is 2.39. The summed E-state index contributed by atoms with van der Waals surface area (Å²) in [6, 6.07) is 9.26. The number of aromatic nitrogens is 3. The maximum Gasteiger partial charge on any atom is 0.415 e. The Morgan fingerprint density at radius 2 is 1.88 bits per heavy atom. The molecule has 2 N–H and O–H groups in total. The van der Waals surface area contributed by atoms with Gasteiger partial charge < -0.3 is 9.47 Å². The third-order valence-corrected chi connectivity index (χ3v) is 4.07. The lowest BCUT2D eigenvalue weighted by atomic mass is 10.0. The predicted molar refractivity (Wildman–Crippen MR) is 93.9 cm³/mol. The van der Waals surface area contributed by atoms with Crippen molar-refractivity contribution in [1.82, 2.24) is 9.55 Å². The Labute approximate surface area is 143 Å². The number of aryl methyl sites for hydroxylation is 1. The number of rotatable bonds is 6. The number of aromatic amines is 2. The average Bonchev–Trinajstić information content (AvgIpc) is 2.64. The molecule has 2 aromatic heterocycles. The van der Waals surface area contributed by atoms with Crippen LogP contribution in [0.4, 0.5) is 0 Å². The van der Waals surface area contributed by atoms with E-state index in [1.165, 1.54) is 4.57 Å². The second-order valence-corrected chi connectivity index (χ2v) is 5.60. The summed E-state index contributed by atoms with van der Waals surface area (Å²) >= 11 is 0. The molecule has 0 atom stereocenters. The van der Waals surface area contributed by atoms with Gasteiger partial charge >= 0.3 is 5.69 Å². The second kappa shape index (κ2) is 7.31. The molecule has 0 bridgehead atoms. The van der Waals surface area contributed by atoms with Gasteiger partial charge in [-0.3, -0.25) is 9.78 Å². The fraction of sp³-hybridized carbons (Fsp3) is 0.278. The highest BCUT2D eigenvalue weighted by Gasteiger charge is 2.19. The molecule has 0 aliphatic heterocycles. The standard InChI is InChI=1S/C18H19N3O4/c1-24-11-3-10-21-16-15(17(22)20-18(21)23)14(8-9-19-16)12-4-6-13(25-2)7-5-12/h4-9H,3,10-11H2,1-2H3,(H,20,22,23)/p+1. The number of H-pyrrole nitrogens is 2. The molecule has 1 aromatic carbocycles. The SMILES string of the molecule is COCCCn1c(=O)[nH]c(=O)c2c(-c3ccc(OC)cc3)cc[nH+]c21. The number of pyridine rings is 1. The van der Waals surface area contributed by atoms with Gasteiger partial charge in [-0.2, -0.15) is 4.57 Å². The van der Waals surface area contributed by atoms with E-state index < -0.39 is 11.2 Å². The lowest BCUT2D eigenvalue weighted by molar-refractivity contribution is -0.349. The van der Waals surface area contributed by atoms with Crippen LogP contribution in [0.1, 0.15) is 6.42 Å². The molecule has 3 aromatic rings. The molecule has 130 valence electrons. The van der Waals surface area contributed by atoms with Crippen molar-refractivity contribution in [3.63, 3.8) is 0 Å². The minimum absolute atomic E-state index is 0.411. The van der Waals surface area contributed by atoms with Crippen LogP contribution in [0.5, 0.6) is 5.75 Å². The highest BCUT2D eigenvalue weighted by molar-refractivity contribution is 5.90. The van der Waals surface area contributed by atoms with Crippen LogP contribution in [-0.2, 0) is 11.3 Å². The van der Waals surface area contributed by atoms with E-state index in [1.807, 2.05) is 30.3 Å². The van der Waals surface area contributed by atoms with Crippen molar-refractivity contribution >= 4 is 11.0 Å². The number of hydrogen-bond acceptors (Lipinski definition) is 4. The highest BCUT2D eigenvalue weighted by Crippen LogP contribution is 2.25. The Bertz CT molecular complexity index is 990. The molecule has 2 heterocycles. The van der Waals surface area contributed by atoms with Gasteiger partial charge in [-0.25, -0.2) is 9.78 Å². The molecule has 25 heavy (non-hydrogen) atoms. The third kappa shape index (κ3) is 3.32. The topological polar surface area (TPSA) is 87.5 Å². The van der Waals surface area contributed by atoms with Gasteiger partial charge in [0.1, 0.15) is 11.1 Å². The minimum atomic E-state index is -0.434. The normalized spacial score (nSPS) is 11.0. The fourth-order valence-electron chi connectivity index (χ4n) is 2.85.